The first-order valence-corrected chi connectivity index (χ1v) is 8.82. The highest BCUT2D eigenvalue weighted by atomic mass is 16.5. The maximum Gasteiger partial charge on any atom is 0.227 e. The molecule has 26 heavy (non-hydrogen) atoms. The Morgan fingerprint density at radius 2 is 2.15 bits per heavy atom. The van der Waals surface area contributed by atoms with Crippen LogP contribution < -0.4 is 4.74 Å². The summed E-state index contributed by atoms with van der Waals surface area (Å²) in [5.41, 5.74) is 0.610. The lowest BCUT2D eigenvalue weighted by Gasteiger charge is -2.28. The highest BCUT2D eigenvalue weighted by Gasteiger charge is 2.41. The first-order valence-electron chi connectivity index (χ1n) is 8.82. The summed E-state index contributed by atoms with van der Waals surface area (Å²) < 4.78 is 16.8. The van der Waals surface area contributed by atoms with Gasteiger partial charge in [-0.05, 0) is 31.9 Å². The van der Waals surface area contributed by atoms with Crippen LogP contribution in [0.2, 0.25) is 0 Å². The van der Waals surface area contributed by atoms with E-state index in [4.69, 9.17) is 14.0 Å². The van der Waals surface area contributed by atoms with Gasteiger partial charge in [0.25, 0.3) is 0 Å². The molecule has 7 heteroatoms. The average molecular weight is 359 g/mol. The number of hydrogen-bond acceptors (Lipinski definition) is 6. The summed E-state index contributed by atoms with van der Waals surface area (Å²) in [5.74, 6) is 1.99. The Morgan fingerprint density at radius 1 is 1.35 bits per heavy atom. The predicted octanol–water partition coefficient (Wildman–Crippen LogP) is 2.32. The summed E-state index contributed by atoms with van der Waals surface area (Å²) >= 11 is 0. The van der Waals surface area contributed by atoms with E-state index in [0.717, 1.165) is 17.7 Å². The fourth-order valence-electron chi connectivity index (χ4n) is 3.14. The van der Waals surface area contributed by atoms with Gasteiger partial charge in [0.1, 0.15) is 18.0 Å². The molecular weight excluding hydrogens is 334 g/mol. The third-order valence-electron chi connectivity index (χ3n) is 4.81. The smallest absolute Gasteiger partial charge is 0.227 e. The van der Waals surface area contributed by atoms with E-state index < -0.39 is 5.60 Å². The van der Waals surface area contributed by atoms with Gasteiger partial charge < -0.3 is 18.9 Å². The summed E-state index contributed by atoms with van der Waals surface area (Å²) in [7, 11) is 1.68. The van der Waals surface area contributed by atoms with Gasteiger partial charge in [-0.2, -0.15) is 4.98 Å². The maximum atomic E-state index is 12.5. The fraction of sp³-hybridized carbons (Fsp3) is 0.526. The van der Waals surface area contributed by atoms with Crippen LogP contribution in [-0.2, 0) is 16.0 Å². The number of hydrogen-bond donors (Lipinski definition) is 0. The van der Waals surface area contributed by atoms with Crippen molar-refractivity contribution in [3.8, 4) is 5.75 Å². The highest BCUT2D eigenvalue weighted by Crippen LogP contribution is 2.28. The molecule has 0 unspecified atom stereocenters. The number of aryl methyl sites for hydroxylation is 3. The lowest BCUT2D eigenvalue weighted by molar-refractivity contribution is -0.131. The number of nitrogens with zero attached hydrogens (tertiary/aromatic N) is 3. The summed E-state index contributed by atoms with van der Waals surface area (Å²) in [4.78, 5) is 18.5. The quantitative estimate of drug-likeness (QED) is 0.755. The van der Waals surface area contributed by atoms with Crippen LogP contribution in [-0.4, -0.2) is 53.4 Å². The third-order valence-corrected chi connectivity index (χ3v) is 4.81. The van der Waals surface area contributed by atoms with Gasteiger partial charge in [-0.15, -0.1) is 0 Å². The van der Waals surface area contributed by atoms with E-state index in [2.05, 4.69) is 10.1 Å². The number of amides is 1. The molecule has 1 atom stereocenters. The largest absolute Gasteiger partial charge is 0.490 e. The van der Waals surface area contributed by atoms with Crippen molar-refractivity contribution in [2.75, 3.05) is 26.8 Å². The number of aromatic nitrogens is 2. The third kappa shape index (κ3) is 4.22. The van der Waals surface area contributed by atoms with Crippen LogP contribution in [0.1, 0.15) is 30.1 Å². The zero-order chi connectivity index (χ0) is 18.6. The van der Waals surface area contributed by atoms with Crippen molar-refractivity contribution in [1.29, 1.82) is 0 Å². The van der Waals surface area contributed by atoms with Gasteiger partial charge in [-0.25, -0.2) is 0 Å². The van der Waals surface area contributed by atoms with E-state index >= 15 is 0 Å². The molecule has 7 nitrogen and oxygen atoms in total. The van der Waals surface area contributed by atoms with Crippen LogP contribution in [0.4, 0.5) is 0 Å². The molecule has 0 spiro atoms. The topological polar surface area (TPSA) is 77.7 Å². The molecule has 1 fully saturated rings. The van der Waals surface area contributed by atoms with Gasteiger partial charge in [-0.1, -0.05) is 23.4 Å². The Hall–Kier alpha value is -2.41. The summed E-state index contributed by atoms with van der Waals surface area (Å²) in [6, 6.07) is 7.89. The molecule has 0 radical (unpaired) electrons. The second kappa shape index (κ2) is 7.86. The molecule has 1 aliphatic rings. The summed E-state index contributed by atoms with van der Waals surface area (Å²) in [6.45, 7) is 5.37. The van der Waals surface area contributed by atoms with Crippen LogP contribution in [0.25, 0.3) is 0 Å². The molecule has 1 aromatic carbocycles. The first-order chi connectivity index (χ1) is 12.5. The molecule has 1 aromatic heterocycles. The monoisotopic (exact) mass is 359 g/mol. The van der Waals surface area contributed by atoms with E-state index in [0.29, 0.717) is 44.3 Å². The van der Waals surface area contributed by atoms with Crippen molar-refractivity contribution in [3.05, 3.63) is 41.5 Å². The Bertz CT molecular complexity index is 761. The molecule has 0 saturated carbocycles. The van der Waals surface area contributed by atoms with Gasteiger partial charge in [-0.3, -0.25) is 4.79 Å². The first kappa shape index (κ1) is 18.4. The average Bonchev–Trinajstić information content (AvgIpc) is 3.26. The van der Waals surface area contributed by atoms with Crippen LogP contribution >= 0.6 is 0 Å². The molecule has 1 amide bonds. The number of carbonyl (C=O) groups excluding carboxylic acids is 1. The van der Waals surface area contributed by atoms with Crippen LogP contribution in [0.5, 0.6) is 5.75 Å². The number of para-hydroxylation sites is 1. The minimum absolute atomic E-state index is 0.0654. The molecule has 0 aliphatic carbocycles. The van der Waals surface area contributed by atoms with E-state index in [1.54, 1.807) is 14.0 Å². The molecule has 3 rings (SSSR count). The molecule has 2 heterocycles. The molecule has 140 valence electrons. The number of ether oxygens (including phenoxy) is 2. The van der Waals surface area contributed by atoms with E-state index in [-0.39, 0.29) is 5.91 Å². The number of methoxy groups -OCH3 is 1. The van der Waals surface area contributed by atoms with Crippen molar-refractivity contribution >= 4 is 5.91 Å². The Balaban J connectivity index is 1.54. The second-order valence-corrected chi connectivity index (χ2v) is 6.74. The fourth-order valence-corrected chi connectivity index (χ4v) is 3.14. The molecule has 2 aromatic rings. The maximum absolute atomic E-state index is 12.5. The van der Waals surface area contributed by atoms with Crippen molar-refractivity contribution < 1.29 is 18.8 Å². The van der Waals surface area contributed by atoms with Gasteiger partial charge >= 0.3 is 0 Å². The van der Waals surface area contributed by atoms with Gasteiger partial charge in [0.2, 0.25) is 11.8 Å². The zero-order valence-electron chi connectivity index (χ0n) is 15.5. The molecule has 0 bridgehead atoms. The highest BCUT2D eigenvalue weighted by molar-refractivity contribution is 5.76. The predicted molar refractivity (Wildman–Crippen MR) is 95.0 cm³/mol. The van der Waals surface area contributed by atoms with Crippen molar-refractivity contribution in [1.82, 2.24) is 15.0 Å². The second-order valence-electron chi connectivity index (χ2n) is 6.74. The Morgan fingerprint density at radius 3 is 2.85 bits per heavy atom. The number of carbonyl (C=O) groups is 1. The molecular formula is C19H25N3O4. The summed E-state index contributed by atoms with van der Waals surface area (Å²) in [5, 5.41) is 3.74. The van der Waals surface area contributed by atoms with Crippen LogP contribution in [0.15, 0.2) is 28.8 Å². The van der Waals surface area contributed by atoms with E-state index in [9.17, 15) is 4.79 Å². The molecule has 0 N–H and O–H groups in total. The SMILES string of the molecule is CO[C@]1(COc2ccccc2C)CCN(C(=O)CCc2nc(C)no2)C1. The molecule has 1 saturated heterocycles. The lowest BCUT2D eigenvalue weighted by Crippen LogP contribution is -2.42. The van der Waals surface area contributed by atoms with Gasteiger partial charge in [0.15, 0.2) is 5.82 Å². The van der Waals surface area contributed by atoms with Crippen LogP contribution in [0.3, 0.4) is 0 Å². The van der Waals surface area contributed by atoms with E-state index in [1.807, 2.05) is 36.1 Å². The number of rotatable bonds is 7. The van der Waals surface area contributed by atoms with Crippen LogP contribution in [0, 0.1) is 13.8 Å². The Kier molecular flexibility index (Phi) is 5.56. The zero-order valence-corrected chi connectivity index (χ0v) is 15.5. The standard InChI is InChI=1S/C19H25N3O4/c1-14-6-4-5-7-16(14)25-13-19(24-3)10-11-22(12-19)18(23)9-8-17-20-15(2)21-26-17/h4-7H,8-13H2,1-3H3/t19-/m1/s1. The van der Waals surface area contributed by atoms with Crippen molar-refractivity contribution in [3.63, 3.8) is 0 Å². The lowest BCUT2D eigenvalue weighted by atomic mass is 10.0. The normalized spacial score (nSPS) is 19.7. The minimum atomic E-state index is -0.473. The number of benzene rings is 1. The van der Waals surface area contributed by atoms with E-state index in [1.165, 1.54) is 0 Å². The Labute approximate surface area is 153 Å². The van der Waals surface area contributed by atoms with Crippen molar-refractivity contribution in [2.24, 2.45) is 0 Å². The van der Waals surface area contributed by atoms with Gasteiger partial charge in [0, 0.05) is 26.5 Å². The van der Waals surface area contributed by atoms with Crippen molar-refractivity contribution in [2.45, 2.75) is 38.7 Å². The summed E-state index contributed by atoms with van der Waals surface area (Å²) in [6.07, 6.45) is 1.55. The minimum Gasteiger partial charge on any atom is -0.490 e. The molecule has 1 aliphatic heterocycles. The number of likely N-dealkylation sites (tertiary alicyclic amines) is 1. The van der Waals surface area contributed by atoms with Gasteiger partial charge in [0.05, 0.1) is 6.54 Å².